The van der Waals surface area contributed by atoms with Crippen molar-refractivity contribution in [3.8, 4) is 0 Å². The van der Waals surface area contributed by atoms with E-state index in [0.717, 1.165) is 31.5 Å². The number of benzene rings is 1. The molecule has 2 aliphatic rings. The van der Waals surface area contributed by atoms with Crippen molar-refractivity contribution in [1.29, 1.82) is 0 Å². The summed E-state index contributed by atoms with van der Waals surface area (Å²) >= 11 is 0. The molecule has 146 valence electrons. The smallest absolute Gasteiger partial charge is 0.321 e. The Balaban J connectivity index is 1.55. The average molecular weight is 377 g/mol. The molecule has 1 aromatic carbocycles. The number of carbonyl (C=O) groups is 2. The van der Waals surface area contributed by atoms with Crippen molar-refractivity contribution in [2.75, 3.05) is 31.5 Å². The number of nitrogens with one attached hydrogen (secondary N) is 1. The lowest BCUT2D eigenvalue weighted by Crippen LogP contribution is -2.45. The third-order valence-corrected chi connectivity index (χ3v) is 5.41. The number of rotatable bonds is 3. The average Bonchev–Trinajstić information content (AvgIpc) is 2.92. The highest BCUT2D eigenvalue weighted by Gasteiger charge is 2.45. The maximum absolute atomic E-state index is 13.3. The van der Waals surface area contributed by atoms with Gasteiger partial charge in [-0.1, -0.05) is 11.6 Å². The van der Waals surface area contributed by atoms with Crippen molar-refractivity contribution >= 4 is 17.6 Å². The van der Waals surface area contributed by atoms with Crippen LogP contribution in [0.4, 0.5) is 19.3 Å². The van der Waals surface area contributed by atoms with Gasteiger partial charge in [0.2, 0.25) is 5.91 Å². The van der Waals surface area contributed by atoms with Crippen LogP contribution in [0.1, 0.15) is 33.1 Å². The predicted molar refractivity (Wildman–Crippen MR) is 99.2 cm³/mol. The molecule has 1 spiro atoms. The Morgan fingerprint density at radius 3 is 2.56 bits per heavy atom. The summed E-state index contributed by atoms with van der Waals surface area (Å²) in [7, 11) is 0. The normalized spacial score (nSPS) is 18.7. The van der Waals surface area contributed by atoms with Crippen molar-refractivity contribution in [2.24, 2.45) is 5.41 Å². The molecule has 5 nitrogen and oxygen atoms in total. The van der Waals surface area contributed by atoms with E-state index in [2.05, 4.69) is 11.4 Å². The van der Waals surface area contributed by atoms with E-state index < -0.39 is 11.6 Å². The van der Waals surface area contributed by atoms with Gasteiger partial charge in [-0.15, -0.1) is 0 Å². The van der Waals surface area contributed by atoms with Crippen LogP contribution in [-0.2, 0) is 4.79 Å². The minimum absolute atomic E-state index is 0.0642. The molecule has 0 aliphatic carbocycles. The lowest BCUT2D eigenvalue weighted by atomic mass is 9.77. The fourth-order valence-corrected chi connectivity index (χ4v) is 3.74. The molecule has 3 rings (SSSR count). The summed E-state index contributed by atoms with van der Waals surface area (Å²) < 4.78 is 26.3. The molecule has 27 heavy (non-hydrogen) atoms. The molecule has 0 unspecified atom stereocenters. The van der Waals surface area contributed by atoms with Crippen molar-refractivity contribution in [2.45, 2.75) is 33.1 Å². The number of amides is 3. The van der Waals surface area contributed by atoms with Crippen LogP contribution < -0.4 is 5.32 Å². The Kier molecular flexibility index (Phi) is 5.48. The fraction of sp³-hybridized carbons (Fsp3) is 0.500. The molecule has 0 bridgehead atoms. The van der Waals surface area contributed by atoms with Gasteiger partial charge in [0.25, 0.3) is 0 Å². The maximum atomic E-state index is 13.3. The predicted octanol–water partition coefficient (Wildman–Crippen LogP) is 3.78. The van der Waals surface area contributed by atoms with E-state index >= 15 is 0 Å². The zero-order valence-corrected chi connectivity index (χ0v) is 15.7. The number of anilines is 1. The second-order valence-corrected chi connectivity index (χ2v) is 7.78. The van der Waals surface area contributed by atoms with Gasteiger partial charge in [-0.05, 0) is 38.8 Å². The van der Waals surface area contributed by atoms with Crippen LogP contribution in [-0.4, -0.2) is 47.9 Å². The molecule has 3 amide bonds. The number of halogens is 2. The first-order valence-electron chi connectivity index (χ1n) is 9.20. The molecule has 2 saturated heterocycles. The van der Waals surface area contributed by atoms with Gasteiger partial charge in [0, 0.05) is 49.8 Å². The molecule has 1 aromatic rings. The first kappa shape index (κ1) is 19.3. The summed E-state index contributed by atoms with van der Waals surface area (Å²) in [5.41, 5.74) is 1.35. The van der Waals surface area contributed by atoms with Gasteiger partial charge in [0.15, 0.2) is 11.6 Å². The van der Waals surface area contributed by atoms with Crippen LogP contribution in [0, 0.1) is 17.0 Å². The molecule has 1 N–H and O–H groups in total. The molecule has 0 aromatic heterocycles. The minimum atomic E-state index is -0.994. The van der Waals surface area contributed by atoms with Gasteiger partial charge < -0.3 is 15.1 Å². The summed E-state index contributed by atoms with van der Waals surface area (Å²) in [6.07, 6.45) is 4.11. The largest absolute Gasteiger partial charge is 0.338 e. The molecule has 2 aliphatic heterocycles. The van der Waals surface area contributed by atoms with E-state index in [-0.39, 0.29) is 23.0 Å². The number of urea groups is 1. The zero-order chi connectivity index (χ0) is 19.6. The summed E-state index contributed by atoms with van der Waals surface area (Å²) in [5, 5.41) is 2.60. The highest BCUT2D eigenvalue weighted by atomic mass is 19.2. The van der Waals surface area contributed by atoms with Crippen LogP contribution in [0.15, 0.2) is 29.8 Å². The van der Waals surface area contributed by atoms with E-state index in [4.69, 9.17) is 0 Å². The van der Waals surface area contributed by atoms with E-state index in [0.29, 0.717) is 26.1 Å². The maximum Gasteiger partial charge on any atom is 0.321 e. The number of carbonyl (C=O) groups excluding carboxylic acids is 2. The van der Waals surface area contributed by atoms with E-state index in [1.807, 2.05) is 18.7 Å². The highest BCUT2D eigenvalue weighted by molar-refractivity contribution is 5.89. The van der Waals surface area contributed by atoms with Gasteiger partial charge in [0.05, 0.1) is 0 Å². The molecule has 7 heteroatoms. The van der Waals surface area contributed by atoms with Crippen molar-refractivity contribution in [3.05, 3.63) is 41.5 Å². The molecule has 0 radical (unpaired) electrons. The Labute approximate surface area is 158 Å². The Bertz CT molecular complexity index is 766. The second-order valence-electron chi connectivity index (χ2n) is 7.78. The van der Waals surface area contributed by atoms with Crippen molar-refractivity contribution < 1.29 is 18.4 Å². The van der Waals surface area contributed by atoms with Crippen LogP contribution in [0.5, 0.6) is 0 Å². The van der Waals surface area contributed by atoms with Gasteiger partial charge in [0.1, 0.15) is 0 Å². The third-order valence-electron chi connectivity index (χ3n) is 5.41. The topological polar surface area (TPSA) is 52.6 Å². The number of hydrogen-bond donors (Lipinski definition) is 1. The Morgan fingerprint density at radius 1 is 1.22 bits per heavy atom. The summed E-state index contributed by atoms with van der Waals surface area (Å²) in [6, 6.07) is 2.96. The van der Waals surface area contributed by atoms with Crippen molar-refractivity contribution in [1.82, 2.24) is 9.80 Å². The standard InChI is InChI=1S/C20H25F2N3O2/c1-14(2)5-8-25-13-20(12-18(25)26)6-9-24(10-7-20)19(27)23-15-3-4-16(21)17(22)11-15/h3-5,11H,6-10,12-13H2,1-2H3,(H,23,27). The molecule has 0 atom stereocenters. The molecular weight excluding hydrogens is 352 g/mol. The number of allylic oxidation sites excluding steroid dienone is 1. The molecule has 2 heterocycles. The van der Waals surface area contributed by atoms with Crippen molar-refractivity contribution in [3.63, 3.8) is 0 Å². The summed E-state index contributed by atoms with van der Waals surface area (Å²) in [5.74, 6) is -1.77. The summed E-state index contributed by atoms with van der Waals surface area (Å²) in [4.78, 5) is 28.3. The highest BCUT2D eigenvalue weighted by Crippen LogP contribution is 2.41. The first-order chi connectivity index (χ1) is 12.8. The van der Waals surface area contributed by atoms with Crippen LogP contribution in [0.3, 0.4) is 0 Å². The van der Waals surface area contributed by atoms with Gasteiger partial charge in [-0.3, -0.25) is 4.79 Å². The van der Waals surface area contributed by atoms with Gasteiger partial charge >= 0.3 is 6.03 Å². The van der Waals surface area contributed by atoms with Gasteiger partial charge in [-0.2, -0.15) is 0 Å². The summed E-state index contributed by atoms with van der Waals surface area (Å²) in [6.45, 7) is 6.48. The number of likely N-dealkylation sites (tertiary alicyclic amines) is 2. The molecule has 0 saturated carbocycles. The van der Waals surface area contributed by atoms with Crippen LogP contribution in [0.2, 0.25) is 0 Å². The minimum Gasteiger partial charge on any atom is -0.338 e. The first-order valence-corrected chi connectivity index (χ1v) is 9.20. The number of hydrogen-bond acceptors (Lipinski definition) is 2. The lowest BCUT2D eigenvalue weighted by molar-refractivity contribution is -0.127. The zero-order valence-electron chi connectivity index (χ0n) is 15.7. The number of nitrogens with zero attached hydrogens (tertiary/aromatic N) is 2. The fourth-order valence-electron chi connectivity index (χ4n) is 3.74. The van der Waals surface area contributed by atoms with Crippen LogP contribution in [0.25, 0.3) is 0 Å². The quantitative estimate of drug-likeness (QED) is 0.815. The SMILES string of the molecule is CC(C)=CCN1CC2(CCN(C(=O)Nc3ccc(F)c(F)c3)CC2)CC1=O. The third kappa shape index (κ3) is 4.46. The number of piperidine rings is 1. The Morgan fingerprint density at radius 2 is 1.93 bits per heavy atom. The molecular formula is C20H25F2N3O2. The van der Waals surface area contributed by atoms with Gasteiger partial charge in [-0.25, -0.2) is 13.6 Å². The lowest BCUT2D eigenvalue weighted by Gasteiger charge is -2.38. The monoisotopic (exact) mass is 377 g/mol. The van der Waals surface area contributed by atoms with E-state index in [1.165, 1.54) is 11.6 Å². The Hall–Kier alpha value is -2.44. The van der Waals surface area contributed by atoms with Crippen LogP contribution >= 0.6 is 0 Å². The molecule has 2 fully saturated rings. The van der Waals surface area contributed by atoms with E-state index in [9.17, 15) is 18.4 Å². The van der Waals surface area contributed by atoms with E-state index in [1.54, 1.807) is 4.90 Å². The second kappa shape index (κ2) is 7.66.